The van der Waals surface area contributed by atoms with Gasteiger partial charge >= 0.3 is 0 Å². The maximum absolute atomic E-state index is 2.45. The lowest BCUT2D eigenvalue weighted by molar-refractivity contribution is 0.784. The number of benzene rings is 2. The Morgan fingerprint density at radius 3 is 1.06 bits per heavy atom. The summed E-state index contributed by atoms with van der Waals surface area (Å²) in [6.45, 7) is 20.7. The summed E-state index contributed by atoms with van der Waals surface area (Å²) in [6, 6.07) is 13.6. The fraction of sp³-hybridized carbons (Fsp3) is 0.464. The van der Waals surface area contributed by atoms with Crippen molar-refractivity contribution in [1.29, 1.82) is 0 Å². The second-order valence-electron chi connectivity index (χ2n) is 9.75. The number of hydrogen-bond donors (Lipinski definition) is 0. The summed E-state index contributed by atoms with van der Waals surface area (Å²) in [6.07, 6.45) is 4.56. The van der Waals surface area contributed by atoms with Gasteiger partial charge in [-0.1, -0.05) is 100.0 Å². The highest BCUT2D eigenvalue weighted by Crippen LogP contribution is 2.35. The summed E-state index contributed by atoms with van der Waals surface area (Å²) in [4.78, 5) is 0. The van der Waals surface area contributed by atoms with Crippen molar-refractivity contribution in [3.05, 3.63) is 76.2 Å². The normalized spacial score (nSPS) is 12.2. The molecular weight excluding hydrogens is 395 g/mol. The van der Waals surface area contributed by atoms with E-state index in [0.29, 0.717) is 23.7 Å². The van der Waals surface area contributed by atoms with Gasteiger partial charge in [-0.2, -0.15) is 0 Å². The zero-order valence-corrected chi connectivity index (χ0v) is 21.7. The fourth-order valence-electron chi connectivity index (χ4n) is 4.53. The highest BCUT2D eigenvalue weighted by atomic mass is 31.1. The van der Waals surface area contributed by atoms with Crippen LogP contribution in [-0.4, -0.2) is 15.8 Å². The molecule has 0 atom stereocenters. The predicted molar refractivity (Wildman–Crippen MR) is 138 cm³/mol. The topological polar surface area (TPSA) is 9.86 Å². The van der Waals surface area contributed by atoms with E-state index in [9.17, 15) is 0 Å². The van der Waals surface area contributed by atoms with E-state index in [-0.39, 0.29) is 0 Å². The van der Waals surface area contributed by atoms with Gasteiger partial charge in [0, 0.05) is 12.4 Å². The molecule has 0 spiro atoms. The molecule has 31 heavy (non-hydrogen) atoms. The SMILES string of the molecule is CP=c1n(-c2c(C(C)C)cccc2C(C)C)ccn1-c1c(C(C)C)cccc1C(C)C. The van der Waals surface area contributed by atoms with Crippen molar-refractivity contribution < 1.29 is 0 Å². The summed E-state index contributed by atoms with van der Waals surface area (Å²) in [7, 11) is 1.26. The van der Waals surface area contributed by atoms with Gasteiger partial charge in [-0.25, -0.2) is 0 Å². The maximum Gasteiger partial charge on any atom is 0.144 e. The summed E-state index contributed by atoms with van der Waals surface area (Å²) in [5, 5.41) is 1.31. The second-order valence-corrected chi connectivity index (χ2v) is 10.6. The van der Waals surface area contributed by atoms with Crippen molar-refractivity contribution in [2.45, 2.75) is 79.1 Å². The molecule has 0 fully saturated rings. The van der Waals surface area contributed by atoms with Crippen molar-refractivity contribution in [3.63, 3.8) is 0 Å². The Bertz CT molecular complexity index is 974. The highest BCUT2D eigenvalue weighted by Gasteiger charge is 2.20. The minimum atomic E-state index is 0.472. The smallest absolute Gasteiger partial charge is 0.144 e. The largest absolute Gasteiger partial charge is 0.297 e. The zero-order chi connectivity index (χ0) is 22.9. The fourth-order valence-corrected chi connectivity index (χ4v) is 5.29. The number of nitrogens with zero attached hydrogens (tertiary/aromatic N) is 2. The Kier molecular flexibility index (Phi) is 7.32. The lowest BCUT2D eigenvalue weighted by atomic mass is 9.92. The number of imidazole rings is 1. The first-order valence-electron chi connectivity index (χ1n) is 11.7. The third kappa shape index (κ3) is 4.46. The quantitative estimate of drug-likeness (QED) is 0.343. The van der Waals surface area contributed by atoms with Gasteiger partial charge < -0.3 is 0 Å². The van der Waals surface area contributed by atoms with Crippen LogP contribution in [0.2, 0.25) is 0 Å². The Labute approximate surface area is 190 Å². The molecular formula is C28H39N2P. The van der Waals surface area contributed by atoms with Crippen LogP contribution in [-0.2, 0) is 0 Å². The molecule has 0 amide bonds. The van der Waals surface area contributed by atoms with E-state index in [0.717, 1.165) is 0 Å². The van der Waals surface area contributed by atoms with Gasteiger partial charge in [0.05, 0.1) is 11.4 Å². The molecule has 2 aromatic carbocycles. The third-order valence-electron chi connectivity index (χ3n) is 6.16. The van der Waals surface area contributed by atoms with E-state index >= 15 is 0 Å². The van der Waals surface area contributed by atoms with Crippen LogP contribution < -0.4 is 0 Å². The van der Waals surface area contributed by atoms with Gasteiger partial charge in [0.1, 0.15) is 5.20 Å². The Hall–Kier alpha value is -2.05. The van der Waals surface area contributed by atoms with Crippen molar-refractivity contribution in [2.75, 3.05) is 6.66 Å². The van der Waals surface area contributed by atoms with Gasteiger partial charge in [0.15, 0.2) is 0 Å². The molecule has 0 N–H and O–H groups in total. The number of aromatic nitrogens is 2. The standard InChI is InChI=1S/C28H39N2P/c1-18(2)22-12-10-13-23(19(3)4)26(22)29-16-17-30(28(29)31-9)27-24(20(5)6)14-11-15-25(27)21(7)8/h10-21H,1-9H3. The number of hydrogen-bond acceptors (Lipinski definition) is 0. The van der Waals surface area contributed by atoms with Gasteiger partial charge in [-0.05, 0) is 52.6 Å². The molecule has 0 aliphatic heterocycles. The molecule has 1 aromatic heterocycles. The Balaban J connectivity index is 2.40. The summed E-state index contributed by atoms with van der Waals surface area (Å²) >= 11 is 0. The summed E-state index contributed by atoms with van der Waals surface area (Å²) in [5.41, 5.74) is 8.40. The zero-order valence-electron chi connectivity index (χ0n) is 20.8. The van der Waals surface area contributed by atoms with Gasteiger partial charge in [-0.15, -0.1) is 0 Å². The van der Waals surface area contributed by atoms with Gasteiger partial charge in [-0.3, -0.25) is 9.13 Å². The predicted octanol–water partition coefficient (Wildman–Crippen LogP) is 8.87. The average molecular weight is 435 g/mol. The van der Waals surface area contributed by atoms with Crippen LogP contribution >= 0.6 is 8.20 Å². The summed E-state index contributed by atoms with van der Waals surface area (Å²) in [5.74, 6) is 1.89. The van der Waals surface area contributed by atoms with E-state index in [2.05, 4.69) is 120 Å². The molecule has 0 saturated carbocycles. The number of rotatable bonds is 6. The molecule has 0 radical (unpaired) electrons. The third-order valence-corrected chi connectivity index (χ3v) is 6.99. The number of para-hydroxylation sites is 2. The lowest BCUT2D eigenvalue weighted by Crippen LogP contribution is -2.10. The van der Waals surface area contributed by atoms with Crippen molar-refractivity contribution in [2.24, 2.45) is 0 Å². The van der Waals surface area contributed by atoms with Gasteiger partial charge in [0.25, 0.3) is 0 Å². The first-order chi connectivity index (χ1) is 14.7. The minimum Gasteiger partial charge on any atom is -0.297 e. The van der Waals surface area contributed by atoms with Crippen LogP contribution in [0.3, 0.4) is 0 Å². The monoisotopic (exact) mass is 434 g/mol. The summed E-state index contributed by atoms with van der Waals surface area (Å²) < 4.78 is 4.90. The van der Waals surface area contributed by atoms with Crippen molar-refractivity contribution in [3.8, 4) is 11.4 Å². The molecule has 3 aromatic rings. The second kappa shape index (κ2) is 9.61. The highest BCUT2D eigenvalue weighted by molar-refractivity contribution is 7.28. The van der Waals surface area contributed by atoms with E-state index in [1.807, 2.05) is 0 Å². The molecule has 0 unspecified atom stereocenters. The van der Waals surface area contributed by atoms with E-state index < -0.39 is 0 Å². The van der Waals surface area contributed by atoms with Crippen LogP contribution in [0.15, 0.2) is 48.8 Å². The van der Waals surface area contributed by atoms with Crippen LogP contribution in [0.5, 0.6) is 0 Å². The Morgan fingerprint density at radius 2 is 0.839 bits per heavy atom. The van der Waals surface area contributed by atoms with E-state index in [4.69, 9.17) is 0 Å². The van der Waals surface area contributed by atoms with Crippen molar-refractivity contribution in [1.82, 2.24) is 9.13 Å². The maximum atomic E-state index is 2.45. The molecule has 3 rings (SSSR count). The Morgan fingerprint density at radius 1 is 0.548 bits per heavy atom. The lowest BCUT2D eigenvalue weighted by Gasteiger charge is -2.22. The van der Waals surface area contributed by atoms with Crippen LogP contribution in [0.1, 0.15) is 101 Å². The minimum absolute atomic E-state index is 0.472. The first-order valence-corrected chi connectivity index (χ1v) is 13.0. The molecule has 3 heteroatoms. The molecule has 0 saturated heterocycles. The molecule has 0 aliphatic rings. The van der Waals surface area contributed by atoms with Crippen LogP contribution in [0.25, 0.3) is 11.4 Å². The molecule has 0 bridgehead atoms. The molecule has 0 aliphatic carbocycles. The van der Waals surface area contributed by atoms with Gasteiger partial charge in [0.2, 0.25) is 0 Å². The average Bonchev–Trinajstić information content (AvgIpc) is 3.15. The first kappa shape index (κ1) is 23.6. The molecule has 166 valence electrons. The molecule has 2 nitrogen and oxygen atoms in total. The van der Waals surface area contributed by atoms with Crippen LogP contribution in [0, 0.1) is 5.20 Å². The van der Waals surface area contributed by atoms with Crippen molar-refractivity contribution >= 4 is 8.20 Å². The molecule has 1 heterocycles. The van der Waals surface area contributed by atoms with Crippen LogP contribution in [0.4, 0.5) is 0 Å². The van der Waals surface area contributed by atoms with E-state index in [1.54, 1.807) is 0 Å². The van der Waals surface area contributed by atoms with E-state index in [1.165, 1.54) is 47.0 Å².